The van der Waals surface area contributed by atoms with Crippen molar-refractivity contribution < 1.29 is 14.7 Å². The number of aryl methyl sites for hydroxylation is 1. The Bertz CT molecular complexity index is 376. The molecule has 0 radical (unpaired) electrons. The SMILES string of the molecule is CC(C)N(CC(=O)O)C(=O)CCc1cscn1. The van der Waals surface area contributed by atoms with Gasteiger partial charge in [0, 0.05) is 17.8 Å². The van der Waals surface area contributed by atoms with Gasteiger partial charge in [0.15, 0.2) is 0 Å². The van der Waals surface area contributed by atoms with Crippen LogP contribution in [-0.4, -0.2) is 39.5 Å². The van der Waals surface area contributed by atoms with Crippen LogP contribution in [0.1, 0.15) is 26.0 Å². The molecular formula is C11H16N2O3S. The summed E-state index contributed by atoms with van der Waals surface area (Å²) in [5, 5.41) is 10.6. The summed E-state index contributed by atoms with van der Waals surface area (Å²) in [4.78, 5) is 28.0. The van der Waals surface area contributed by atoms with Gasteiger partial charge >= 0.3 is 5.97 Å². The van der Waals surface area contributed by atoms with Crippen molar-refractivity contribution in [1.82, 2.24) is 9.88 Å². The minimum Gasteiger partial charge on any atom is -0.480 e. The number of carbonyl (C=O) groups is 2. The average Bonchev–Trinajstić information content (AvgIpc) is 2.74. The zero-order valence-electron chi connectivity index (χ0n) is 9.92. The van der Waals surface area contributed by atoms with Crippen molar-refractivity contribution in [2.75, 3.05) is 6.54 Å². The number of hydrogen-bond acceptors (Lipinski definition) is 4. The molecule has 0 saturated carbocycles. The zero-order valence-corrected chi connectivity index (χ0v) is 10.7. The molecule has 0 aliphatic heterocycles. The smallest absolute Gasteiger partial charge is 0.323 e. The van der Waals surface area contributed by atoms with Crippen LogP contribution in [0.25, 0.3) is 0 Å². The molecule has 0 saturated heterocycles. The van der Waals surface area contributed by atoms with Crippen molar-refractivity contribution in [3.63, 3.8) is 0 Å². The molecule has 0 aliphatic carbocycles. The second-order valence-corrected chi connectivity index (χ2v) is 4.71. The first-order valence-corrected chi connectivity index (χ1v) is 6.33. The molecule has 0 atom stereocenters. The number of rotatable bonds is 6. The first-order chi connectivity index (χ1) is 8.00. The van der Waals surface area contributed by atoms with Gasteiger partial charge in [-0.05, 0) is 20.3 Å². The molecule has 0 spiro atoms. The minimum atomic E-state index is -0.985. The van der Waals surface area contributed by atoms with Gasteiger partial charge in [0.05, 0.1) is 11.2 Å². The van der Waals surface area contributed by atoms with Crippen LogP contribution >= 0.6 is 11.3 Å². The van der Waals surface area contributed by atoms with Crippen LogP contribution in [0.3, 0.4) is 0 Å². The zero-order chi connectivity index (χ0) is 12.8. The molecule has 1 N–H and O–H groups in total. The molecule has 1 amide bonds. The maximum absolute atomic E-state index is 11.9. The molecule has 1 aromatic heterocycles. The Kier molecular flexibility index (Phi) is 5.09. The maximum Gasteiger partial charge on any atom is 0.323 e. The summed E-state index contributed by atoms with van der Waals surface area (Å²) in [6.07, 6.45) is 0.861. The van der Waals surface area contributed by atoms with E-state index in [4.69, 9.17) is 5.11 Å². The molecule has 1 aromatic rings. The molecule has 0 bridgehead atoms. The van der Waals surface area contributed by atoms with E-state index in [1.807, 2.05) is 19.2 Å². The van der Waals surface area contributed by atoms with Crippen LogP contribution in [0.2, 0.25) is 0 Å². The third-order valence-electron chi connectivity index (χ3n) is 2.33. The third-order valence-corrected chi connectivity index (χ3v) is 2.96. The Balaban J connectivity index is 2.50. The first kappa shape index (κ1) is 13.6. The summed E-state index contributed by atoms with van der Waals surface area (Å²) >= 11 is 1.49. The fourth-order valence-electron chi connectivity index (χ4n) is 1.44. The normalized spacial score (nSPS) is 10.5. The summed E-state index contributed by atoms with van der Waals surface area (Å²) in [5.74, 6) is -1.13. The van der Waals surface area contributed by atoms with Crippen molar-refractivity contribution in [2.45, 2.75) is 32.7 Å². The Morgan fingerprint density at radius 3 is 2.71 bits per heavy atom. The molecule has 5 nitrogen and oxygen atoms in total. The van der Waals surface area contributed by atoms with Gasteiger partial charge in [-0.1, -0.05) is 0 Å². The first-order valence-electron chi connectivity index (χ1n) is 5.39. The lowest BCUT2D eigenvalue weighted by Gasteiger charge is -2.24. The predicted octanol–water partition coefficient (Wildman–Crippen LogP) is 1.40. The highest BCUT2D eigenvalue weighted by atomic mass is 32.1. The summed E-state index contributed by atoms with van der Waals surface area (Å²) in [5.41, 5.74) is 2.60. The number of carbonyl (C=O) groups excluding carboxylic acids is 1. The van der Waals surface area contributed by atoms with Crippen molar-refractivity contribution in [3.8, 4) is 0 Å². The molecule has 0 aromatic carbocycles. The Morgan fingerprint density at radius 1 is 1.53 bits per heavy atom. The number of hydrogen-bond donors (Lipinski definition) is 1. The van der Waals surface area contributed by atoms with Crippen molar-refractivity contribution >= 4 is 23.2 Å². The summed E-state index contributed by atoms with van der Waals surface area (Å²) in [7, 11) is 0. The van der Waals surface area contributed by atoms with Gasteiger partial charge in [-0.3, -0.25) is 9.59 Å². The van der Waals surface area contributed by atoms with Crippen molar-refractivity contribution in [3.05, 3.63) is 16.6 Å². The Labute approximate surface area is 104 Å². The number of carboxylic acids is 1. The van der Waals surface area contributed by atoms with Crippen LogP contribution in [0.4, 0.5) is 0 Å². The van der Waals surface area contributed by atoms with E-state index in [-0.39, 0.29) is 18.5 Å². The highest BCUT2D eigenvalue weighted by Gasteiger charge is 2.19. The van der Waals surface area contributed by atoms with E-state index in [2.05, 4.69) is 4.98 Å². The summed E-state index contributed by atoms with van der Waals surface area (Å²) < 4.78 is 0. The summed E-state index contributed by atoms with van der Waals surface area (Å²) in [6, 6.07) is -0.103. The third kappa shape index (κ3) is 4.52. The maximum atomic E-state index is 11.9. The van der Waals surface area contributed by atoms with Gasteiger partial charge < -0.3 is 10.0 Å². The van der Waals surface area contributed by atoms with Gasteiger partial charge in [0.25, 0.3) is 0 Å². The van der Waals surface area contributed by atoms with E-state index in [0.717, 1.165) is 5.69 Å². The topological polar surface area (TPSA) is 70.5 Å². The van der Waals surface area contributed by atoms with E-state index in [1.54, 1.807) is 5.51 Å². The van der Waals surface area contributed by atoms with Crippen LogP contribution < -0.4 is 0 Å². The fourth-order valence-corrected chi connectivity index (χ4v) is 2.04. The number of carboxylic acid groups (broad SMARTS) is 1. The highest BCUT2D eigenvalue weighted by molar-refractivity contribution is 7.07. The van der Waals surface area contributed by atoms with Crippen LogP contribution in [-0.2, 0) is 16.0 Å². The number of aromatic nitrogens is 1. The molecule has 6 heteroatoms. The number of thiazole rings is 1. The van der Waals surface area contributed by atoms with Crippen LogP contribution in [0.15, 0.2) is 10.9 Å². The lowest BCUT2D eigenvalue weighted by atomic mass is 10.2. The van der Waals surface area contributed by atoms with Crippen molar-refractivity contribution in [2.24, 2.45) is 0 Å². The summed E-state index contributed by atoms with van der Waals surface area (Å²) in [6.45, 7) is 3.38. The van der Waals surface area contributed by atoms with Crippen LogP contribution in [0, 0.1) is 0 Å². The fraction of sp³-hybridized carbons (Fsp3) is 0.545. The lowest BCUT2D eigenvalue weighted by Crippen LogP contribution is -2.40. The lowest BCUT2D eigenvalue weighted by molar-refractivity contribution is -0.145. The molecule has 1 heterocycles. The van der Waals surface area contributed by atoms with Gasteiger partial charge in [-0.2, -0.15) is 0 Å². The molecule has 0 unspecified atom stereocenters. The molecular weight excluding hydrogens is 240 g/mol. The number of amides is 1. The molecule has 1 rings (SSSR count). The predicted molar refractivity (Wildman–Crippen MR) is 64.9 cm³/mol. The second kappa shape index (κ2) is 6.34. The Morgan fingerprint density at radius 2 is 2.24 bits per heavy atom. The van der Waals surface area contributed by atoms with E-state index in [1.165, 1.54) is 16.2 Å². The average molecular weight is 256 g/mol. The number of nitrogens with zero attached hydrogens (tertiary/aromatic N) is 2. The Hall–Kier alpha value is -1.43. The molecule has 0 aliphatic rings. The molecule has 0 fully saturated rings. The van der Waals surface area contributed by atoms with Crippen LogP contribution in [0.5, 0.6) is 0 Å². The van der Waals surface area contributed by atoms with E-state index >= 15 is 0 Å². The molecule has 94 valence electrons. The standard InChI is InChI=1S/C11H16N2O3S/c1-8(2)13(5-11(15)16)10(14)4-3-9-6-17-7-12-9/h6-8H,3-5H2,1-2H3,(H,15,16). The molecule has 17 heavy (non-hydrogen) atoms. The van der Waals surface area contributed by atoms with E-state index < -0.39 is 5.97 Å². The number of aliphatic carboxylic acids is 1. The van der Waals surface area contributed by atoms with Crippen molar-refractivity contribution in [1.29, 1.82) is 0 Å². The van der Waals surface area contributed by atoms with Gasteiger partial charge in [-0.25, -0.2) is 4.98 Å². The van der Waals surface area contributed by atoms with Gasteiger partial charge in [0.1, 0.15) is 6.54 Å². The highest BCUT2D eigenvalue weighted by Crippen LogP contribution is 2.07. The quantitative estimate of drug-likeness (QED) is 0.835. The van der Waals surface area contributed by atoms with E-state index in [0.29, 0.717) is 12.8 Å². The largest absolute Gasteiger partial charge is 0.480 e. The van der Waals surface area contributed by atoms with Gasteiger partial charge in [0.2, 0.25) is 5.91 Å². The minimum absolute atomic E-state index is 0.103. The monoisotopic (exact) mass is 256 g/mol. The van der Waals surface area contributed by atoms with E-state index in [9.17, 15) is 9.59 Å². The second-order valence-electron chi connectivity index (χ2n) is 3.99. The van der Waals surface area contributed by atoms with Gasteiger partial charge in [-0.15, -0.1) is 11.3 Å².